The fourth-order valence-electron chi connectivity index (χ4n) is 2.35. The number of anilines is 2. The van der Waals surface area contributed by atoms with Crippen LogP contribution in [0.15, 0.2) is 24.3 Å². The molecular weight excluding hydrogens is 216 g/mol. The summed E-state index contributed by atoms with van der Waals surface area (Å²) in [5.74, 6) is 0. The molecule has 1 fully saturated rings. The van der Waals surface area contributed by atoms with Crippen molar-refractivity contribution >= 4 is 23.1 Å². The number of thioether (sulfide) groups is 1. The molecule has 1 aromatic carbocycles. The van der Waals surface area contributed by atoms with Crippen LogP contribution in [0.1, 0.15) is 25.7 Å². The van der Waals surface area contributed by atoms with Gasteiger partial charge in [-0.15, -0.1) is 0 Å². The largest absolute Gasteiger partial charge is 0.399 e. The zero-order valence-electron chi connectivity index (χ0n) is 9.78. The lowest BCUT2D eigenvalue weighted by Gasteiger charge is -2.29. The van der Waals surface area contributed by atoms with Gasteiger partial charge in [-0.3, -0.25) is 0 Å². The molecule has 3 N–H and O–H groups in total. The Morgan fingerprint density at radius 3 is 3.00 bits per heavy atom. The Balaban J connectivity index is 1.94. The quantitative estimate of drug-likeness (QED) is 0.790. The first-order valence-electron chi connectivity index (χ1n) is 5.93. The maximum absolute atomic E-state index is 5.77. The van der Waals surface area contributed by atoms with E-state index in [1.54, 1.807) is 0 Å². The molecule has 1 saturated carbocycles. The van der Waals surface area contributed by atoms with Gasteiger partial charge in [-0.2, -0.15) is 11.8 Å². The Morgan fingerprint density at radius 2 is 2.25 bits per heavy atom. The van der Waals surface area contributed by atoms with Crippen molar-refractivity contribution in [2.75, 3.05) is 17.3 Å². The standard InChI is InChI=1S/C13H20N2S/c1-16-13-7-3-6-12(9-13)15-11-5-2-4-10(14)8-11/h2,4-5,8,12-13,15H,3,6-7,9,14H2,1H3. The van der Waals surface area contributed by atoms with Gasteiger partial charge in [-0.05, 0) is 43.7 Å². The van der Waals surface area contributed by atoms with Crippen molar-refractivity contribution in [2.45, 2.75) is 37.0 Å². The summed E-state index contributed by atoms with van der Waals surface area (Å²) in [5.41, 5.74) is 7.77. The van der Waals surface area contributed by atoms with E-state index < -0.39 is 0 Å². The Hall–Kier alpha value is -0.830. The third-order valence-electron chi connectivity index (χ3n) is 3.22. The molecule has 0 spiro atoms. The van der Waals surface area contributed by atoms with Gasteiger partial charge < -0.3 is 11.1 Å². The number of benzene rings is 1. The first-order chi connectivity index (χ1) is 7.78. The molecule has 1 aliphatic carbocycles. The monoisotopic (exact) mass is 236 g/mol. The van der Waals surface area contributed by atoms with Crippen molar-refractivity contribution in [3.05, 3.63) is 24.3 Å². The molecule has 3 heteroatoms. The van der Waals surface area contributed by atoms with Crippen LogP contribution in [0.25, 0.3) is 0 Å². The molecule has 0 aromatic heterocycles. The summed E-state index contributed by atoms with van der Waals surface area (Å²) in [4.78, 5) is 0. The SMILES string of the molecule is CSC1CCCC(Nc2cccc(N)c2)C1. The van der Waals surface area contributed by atoms with E-state index in [4.69, 9.17) is 5.73 Å². The minimum Gasteiger partial charge on any atom is -0.399 e. The molecule has 2 atom stereocenters. The highest BCUT2D eigenvalue weighted by molar-refractivity contribution is 7.99. The van der Waals surface area contributed by atoms with E-state index in [0.29, 0.717) is 6.04 Å². The topological polar surface area (TPSA) is 38.0 Å². The minimum atomic E-state index is 0.619. The number of rotatable bonds is 3. The predicted molar refractivity (Wildman–Crippen MR) is 74.0 cm³/mol. The van der Waals surface area contributed by atoms with Crippen molar-refractivity contribution in [1.82, 2.24) is 0 Å². The van der Waals surface area contributed by atoms with Crippen LogP contribution in [0.5, 0.6) is 0 Å². The third-order valence-corrected chi connectivity index (χ3v) is 4.31. The third kappa shape index (κ3) is 3.08. The van der Waals surface area contributed by atoms with Crippen molar-refractivity contribution < 1.29 is 0 Å². The molecule has 1 aromatic rings. The Morgan fingerprint density at radius 1 is 1.38 bits per heavy atom. The van der Waals surface area contributed by atoms with Crippen molar-refractivity contribution in [3.63, 3.8) is 0 Å². The maximum atomic E-state index is 5.77. The fourth-order valence-corrected chi connectivity index (χ4v) is 3.18. The zero-order valence-corrected chi connectivity index (χ0v) is 10.6. The van der Waals surface area contributed by atoms with Crippen LogP contribution in [0.4, 0.5) is 11.4 Å². The summed E-state index contributed by atoms with van der Waals surface area (Å²) in [5, 5.41) is 4.42. The van der Waals surface area contributed by atoms with Gasteiger partial charge in [0.2, 0.25) is 0 Å². The predicted octanol–water partition coefficient (Wildman–Crippen LogP) is 3.35. The number of nitrogen functional groups attached to an aromatic ring is 1. The summed E-state index contributed by atoms with van der Waals surface area (Å²) in [7, 11) is 0. The van der Waals surface area contributed by atoms with E-state index in [1.165, 1.54) is 25.7 Å². The molecule has 0 aliphatic heterocycles. The van der Waals surface area contributed by atoms with Gasteiger partial charge in [0, 0.05) is 22.7 Å². The fraction of sp³-hybridized carbons (Fsp3) is 0.538. The van der Waals surface area contributed by atoms with Gasteiger partial charge in [0.25, 0.3) is 0 Å². The number of hydrogen-bond acceptors (Lipinski definition) is 3. The van der Waals surface area contributed by atoms with Crippen LogP contribution in [0.3, 0.4) is 0 Å². The highest BCUT2D eigenvalue weighted by Crippen LogP contribution is 2.29. The second kappa shape index (κ2) is 5.48. The average molecular weight is 236 g/mol. The molecule has 1 aliphatic rings. The lowest BCUT2D eigenvalue weighted by molar-refractivity contribution is 0.474. The number of nitrogens with one attached hydrogen (secondary N) is 1. The summed E-state index contributed by atoms with van der Waals surface area (Å²) >= 11 is 2.00. The summed E-state index contributed by atoms with van der Waals surface area (Å²) < 4.78 is 0. The van der Waals surface area contributed by atoms with Gasteiger partial charge in [-0.25, -0.2) is 0 Å². The molecule has 0 radical (unpaired) electrons. The Bertz CT molecular complexity index is 340. The van der Waals surface area contributed by atoms with Gasteiger partial charge in [0.1, 0.15) is 0 Å². The van der Waals surface area contributed by atoms with Crippen LogP contribution in [-0.4, -0.2) is 17.5 Å². The molecule has 2 unspecified atom stereocenters. The van der Waals surface area contributed by atoms with Crippen molar-refractivity contribution in [2.24, 2.45) is 0 Å². The molecular formula is C13H20N2S. The molecule has 0 heterocycles. The Kier molecular flexibility index (Phi) is 3.99. The van der Waals surface area contributed by atoms with Crippen LogP contribution >= 0.6 is 11.8 Å². The molecule has 2 rings (SSSR count). The van der Waals surface area contributed by atoms with Gasteiger partial charge in [-0.1, -0.05) is 12.5 Å². The number of hydrogen-bond donors (Lipinski definition) is 2. The van der Waals surface area contributed by atoms with E-state index in [-0.39, 0.29) is 0 Å². The van der Waals surface area contributed by atoms with E-state index in [2.05, 4.69) is 17.6 Å². The molecule has 88 valence electrons. The van der Waals surface area contributed by atoms with Gasteiger partial charge >= 0.3 is 0 Å². The number of nitrogens with two attached hydrogens (primary N) is 1. The van der Waals surface area contributed by atoms with E-state index in [0.717, 1.165) is 16.6 Å². The van der Waals surface area contributed by atoms with Gasteiger partial charge in [0.15, 0.2) is 0 Å². The summed E-state index contributed by atoms with van der Waals surface area (Å²) in [6.45, 7) is 0. The van der Waals surface area contributed by atoms with E-state index in [9.17, 15) is 0 Å². The first kappa shape index (κ1) is 11.6. The normalized spacial score (nSPS) is 25.3. The van der Waals surface area contributed by atoms with Crippen LogP contribution < -0.4 is 11.1 Å². The van der Waals surface area contributed by atoms with Gasteiger partial charge in [0.05, 0.1) is 0 Å². The van der Waals surface area contributed by atoms with Crippen LogP contribution in [0.2, 0.25) is 0 Å². The van der Waals surface area contributed by atoms with E-state index >= 15 is 0 Å². The summed E-state index contributed by atoms with van der Waals surface area (Å²) in [6, 6.07) is 8.67. The highest BCUT2D eigenvalue weighted by atomic mass is 32.2. The zero-order chi connectivity index (χ0) is 11.4. The molecule has 0 bridgehead atoms. The second-order valence-electron chi connectivity index (χ2n) is 4.49. The lowest BCUT2D eigenvalue weighted by atomic mass is 9.95. The molecule has 0 saturated heterocycles. The Labute approximate surface area is 102 Å². The smallest absolute Gasteiger partial charge is 0.0362 e. The second-order valence-corrected chi connectivity index (χ2v) is 5.63. The van der Waals surface area contributed by atoms with Crippen molar-refractivity contribution in [3.8, 4) is 0 Å². The first-order valence-corrected chi connectivity index (χ1v) is 7.21. The minimum absolute atomic E-state index is 0.619. The maximum Gasteiger partial charge on any atom is 0.0362 e. The average Bonchev–Trinajstić information content (AvgIpc) is 2.29. The van der Waals surface area contributed by atoms with Crippen molar-refractivity contribution in [1.29, 1.82) is 0 Å². The lowest BCUT2D eigenvalue weighted by Crippen LogP contribution is -2.28. The molecule has 16 heavy (non-hydrogen) atoms. The van der Waals surface area contributed by atoms with Crippen LogP contribution in [0, 0.1) is 0 Å². The summed E-state index contributed by atoms with van der Waals surface area (Å²) in [6.07, 6.45) is 7.48. The van der Waals surface area contributed by atoms with Crippen LogP contribution in [-0.2, 0) is 0 Å². The van der Waals surface area contributed by atoms with E-state index in [1.807, 2.05) is 30.0 Å². The molecule has 2 nitrogen and oxygen atoms in total. The highest BCUT2D eigenvalue weighted by Gasteiger charge is 2.20. The molecule has 0 amide bonds.